The Morgan fingerprint density at radius 3 is 2.69 bits per heavy atom. The summed E-state index contributed by atoms with van der Waals surface area (Å²) >= 11 is 0. The van der Waals surface area contributed by atoms with Gasteiger partial charge >= 0.3 is 0 Å². The average molecular weight is 360 g/mol. The minimum absolute atomic E-state index is 0.197. The lowest BCUT2D eigenvalue weighted by atomic mass is 10.1. The Hall–Kier alpha value is -2.96. The molecule has 0 radical (unpaired) electrons. The smallest absolute Gasteiger partial charge is 0.268 e. The van der Waals surface area contributed by atoms with E-state index in [0.717, 1.165) is 12.1 Å². The van der Waals surface area contributed by atoms with Gasteiger partial charge in [-0.3, -0.25) is 14.5 Å². The molecule has 0 bridgehead atoms. The number of hydrogen-bond acceptors (Lipinski definition) is 3. The number of ether oxygens (including phenoxy) is 1. The quantitative estimate of drug-likeness (QED) is 0.912. The number of nitrogens with zero attached hydrogens (tertiary/aromatic N) is 1. The number of fused-ring (bicyclic) bond motifs is 1. The van der Waals surface area contributed by atoms with Crippen molar-refractivity contribution >= 4 is 17.5 Å². The van der Waals surface area contributed by atoms with Crippen LogP contribution in [-0.4, -0.2) is 24.5 Å². The highest BCUT2D eigenvalue weighted by molar-refractivity contribution is 6.03. The summed E-state index contributed by atoms with van der Waals surface area (Å²) in [6.45, 7) is 3.08. The van der Waals surface area contributed by atoms with Gasteiger partial charge in [-0.2, -0.15) is 0 Å². The fourth-order valence-corrected chi connectivity index (χ4v) is 2.82. The second kappa shape index (κ2) is 7.11. The molecule has 2 amide bonds. The van der Waals surface area contributed by atoms with E-state index >= 15 is 0 Å². The number of halogens is 2. The number of amides is 2. The number of nitrogens with one attached hydrogen (secondary N) is 1. The molecule has 1 aliphatic rings. The summed E-state index contributed by atoms with van der Waals surface area (Å²) < 4.78 is 31.9. The van der Waals surface area contributed by atoms with E-state index in [9.17, 15) is 18.4 Å². The molecule has 1 heterocycles. The zero-order valence-electron chi connectivity index (χ0n) is 14.3. The molecule has 0 aromatic heterocycles. The first kappa shape index (κ1) is 17.8. The predicted molar refractivity (Wildman–Crippen MR) is 91.8 cm³/mol. The van der Waals surface area contributed by atoms with E-state index in [2.05, 4.69) is 5.32 Å². The van der Waals surface area contributed by atoms with Gasteiger partial charge in [-0.25, -0.2) is 8.78 Å². The van der Waals surface area contributed by atoms with Crippen molar-refractivity contribution in [2.24, 2.45) is 0 Å². The fraction of sp³-hybridized carbons (Fsp3) is 0.263. The third kappa shape index (κ3) is 3.51. The number of carbonyl (C=O) groups excluding carboxylic acids is 2. The van der Waals surface area contributed by atoms with Crippen LogP contribution in [-0.2, 0) is 9.59 Å². The molecule has 3 rings (SSSR count). The van der Waals surface area contributed by atoms with Crippen molar-refractivity contribution < 1.29 is 23.1 Å². The largest absolute Gasteiger partial charge is 0.479 e. The van der Waals surface area contributed by atoms with Crippen LogP contribution in [0.1, 0.15) is 25.5 Å². The first-order chi connectivity index (χ1) is 12.4. The molecule has 2 atom stereocenters. The summed E-state index contributed by atoms with van der Waals surface area (Å²) in [7, 11) is 0. The molecular formula is C19H18F2N2O3. The van der Waals surface area contributed by atoms with Crippen LogP contribution >= 0.6 is 0 Å². The maximum atomic E-state index is 13.4. The molecule has 0 saturated heterocycles. The SMILES string of the molecule is CC1Oc2ccccc2N(CC(=O)NC(C)c2ccc(F)c(F)c2)C1=O. The molecule has 0 fully saturated rings. The van der Waals surface area contributed by atoms with E-state index in [1.54, 1.807) is 38.1 Å². The summed E-state index contributed by atoms with van der Waals surface area (Å²) in [6, 6.07) is 9.87. The van der Waals surface area contributed by atoms with Crippen LogP contribution in [0.3, 0.4) is 0 Å². The van der Waals surface area contributed by atoms with Crippen LogP contribution in [0.15, 0.2) is 42.5 Å². The highest BCUT2D eigenvalue weighted by Crippen LogP contribution is 2.33. The lowest BCUT2D eigenvalue weighted by Gasteiger charge is -2.32. The first-order valence-corrected chi connectivity index (χ1v) is 8.18. The maximum Gasteiger partial charge on any atom is 0.268 e. The molecule has 2 aromatic carbocycles. The van der Waals surface area contributed by atoms with Crippen molar-refractivity contribution in [2.45, 2.75) is 26.0 Å². The van der Waals surface area contributed by atoms with E-state index in [1.807, 2.05) is 0 Å². The zero-order chi connectivity index (χ0) is 18.8. The fourth-order valence-electron chi connectivity index (χ4n) is 2.82. The van der Waals surface area contributed by atoms with Gasteiger partial charge in [-0.15, -0.1) is 0 Å². The van der Waals surface area contributed by atoms with Crippen LogP contribution in [0.5, 0.6) is 5.75 Å². The van der Waals surface area contributed by atoms with Gasteiger partial charge in [0.25, 0.3) is 5.91 Å². The Bertz CT molecular complexity index is 856. The van der Waals surface area contributed by atoms with E-state index < -0.39 is 29.7 Å². The monoisotopic (exact) mass is 360 g/mol. The number of rotatable bonds is 4. The van der Waals surface area contributed by atoms with E-state index in [0.29, 0.717) is 17.0 Å². The Morgan fingerprint density at radius 2 is 1.96 bits per heavy atom. The summed E-state index contributed by atoms with van der Waals surface area (Å²) in [6.07, 6.45) is -0.693. The second-order valence-corrected chi connectivity index (χ2v) is 6.11. The molecule has 1 aliphatic heterocycles. The number of anilines is 1. The van der Waals surface area contributed by atoms with Crippen molar-refractivity contribution in [2.75, 3.05) is 11.4 Å². The van der Waals surface area contributed by atoms with Crippen LogP contribution in [0.25, 0.3) is 0 Å². The molecule has 5 nitrogen and oxygen atoms in total. The molecule has 7 heteroatoms. The van der Waals surface area contributed by atoms with E-state index in [4.69, 9.17) is 4.74 Å². The number of para-hydroxylation sites is 2. The lowest BCUT2D eigenvalue weighted by molar-refractivity contribution is -0.128. The van der Waals surface area contributed by atoms with Crippen molar-refractivity contribution in [1.29, 1.82) is 0 Å². The van der Waals surface area contributed by atoms with Gasteiger partial charge in [-0.1, -0.05) is 18.2 Å². The molecular weight excluding hydrogens is 342 g/mol. The molecule has 136 valence electrons. The van der Waals surface area contributed by atoms with Crippen LogP contribution in [0.4, 0.5) is 14.5 Å². The number of benzene rings is 2. The van der Waals surface area contributed by atoms with Crippen LogP contribution in [0.2, 0.25) is 0 Å². The van der Waals surface area contributed by atoms with Crippen molar-refractivity contribution in [3.63, 3.8) is 0 Å². The molecule has 2 unspecified atom stereocenters. The van der Waals surface area contributed by atoms with Gasteiger partial charge in [0.1, 0.15) is 12.3 Å². The van der Waals surface area contributed by atoms with E-state index in [-0.39, 0.29) is 12.5 Å². The Morgan fingerprint density at radius 1 is 1.23 bits per heavy atom. The van der Waals surface area contributed by atoms with E-state index in [1.165, 1.54) is 11.0 Å². The van der Waals surface area contributed by atoms with Crippen LogP contribution in [0, 0.1) is 11.6 Å². The maximum absolute atomic E-state index is 13.4. The number of hydrogen-bond donors (Lipinski definition) is 1. The van der Waals surface area contributed by atoms with Gasteiger partial charge in [0.2, 0.25) is 5.91 Å². The topological polar surface area (TPSA) is 58.6 Å². The van der Waals surface area contributed by atoms with Gasteiger partial charge in [0.05, 0.1) is 11.7 Å². The third-order valence-electron chi connectivity index (χ3n) is 4.20. The highest BCUT2D eigenvalue weighted by atomic mass is 19.2. The van der Waals surface area contributed by atoms with Gasteiger partial charge in [-0.05, 0) is 43.7 Å². The lowest BCUT2D eigenvalue weighted by Crippen LogP contribution is -2.49. The molecule has 0 saturated carbocycles. The highest BCUT2D eigenvalue weighted by Gasteiger charge is 2.32. The van der Waals surface area contributed by atoms with Crippen molar-refractivity contribution in [1.82, 2.24) is 5.32 Å². The molecule has 2 aromatic rings. The Balaban J connectivity index is 1.73. The van der Waals surface area contributed by atoms with Gasteiger partial charge in [0, 0.05) is 0 Å². The third-order valence-corrected chi connectivity index (χ3v) is 4.20. The summed E-state index contributed by atoms with van der Waals surface area (Å²) in [5, 5.41) is 2.69. The summed E-state index contributed by atoms with van der Waals surface area (Å²) in [4.78, 5) is 26.1. The Labute approximate surface area is 149 Å². The Kier molecular flexibility index (Phi) is 4.88. The molecule has 0 spiro atoms. The minimum atomic E-state index is -0.977. The van der Waals surface area contributed by atoms with Crippen molar-refractivity contribution in [3.8, 4) is 5.75 Å². The molecule has 0 aliphatic carbocycles. The summed E-state index contributed by atoms with van der Waals surface area (Å²) in [5.74, 6) is -2.13. The molecule has 26 heavy (non-hydrogen) atoms. The average Bonchev–Trinajstić information content (AvgIpc) is 2.61. The standard InChI is InChI=1S/C19H18F2N2O3/c1-11(13-7-8-14(20)15(21)9-13)22-18(24)10-23-16-5-3-4-6-17(16)26-12(2)19(23)25/h3-9,11-12H,10H2,1-2H3,(H,22,24). The second-order valence-electron chi connectivity index (χ2n) is 6.11. The van der Waals surface area contributed by atoms with Crippen molar-refractivity contribution in [3.05, 3.63) is 59.7 Å². The summed E-state index contributed by atoms with van der Waals surface area (Å²) in [5.41, 5.74) is 0.950. The van der Waals surface area contributed by atoms with Gasteiger partial charge in [0.15, 0.2) is 17.7 Å². The normalized spacial score (nSPS) is 17.3. The first-order valence-electron chi connectivity index (χ1n) is 8.18. The predicted octanol–water partition coefficient (Wildman–Crippen LogP) is 2.96. The number of carbonyl (C=O) groups is 2. The molecule has 1 N–H and O–H groups in total. The zero-order valence-corrected chi connectivity index (χ0v) is 14.3. The van der Waals surface area contributed by atoms with Gasteiger partial charge < -0.3 is 10.1 Å². The van der Waals surface area contributed by atoms with Crippen LogP contribution < -0.4 is 15.0 Å². The minimum Gasteiger partial charge on any atom is -0.479 e.